The minimum absolute atomic E-state index is 0.201. The van der Waals surface area contributed by atoms with Crippen LogP contribution < -0.4 is 0 Å². The summed E-state index contributed by atoms with van der Waals surface area (Å²) in [5.41, 5.74) is 1.37. The molecule has 0 saturated heterocycles. The van der Waals surface area contributed by atoms with Gasteiger partial charge in [0.2, 0.25) is 0 Å². The topological polar surface area (TPSA) is 29.5 Å². The molecule has 0 amide bonds. The van der Waals surface area contributed by atoms with E-state index in [1.165, 1.54) is 5.56 Å². The molecule has 0 aromatic heterocycles. The van der Waals surface area contributed by atoms with E-state index in [1.807, 2.05) is 13.0 Å². The zero-order chi connectivity index (χ0) is 11.6. The van der Waals surface area contributed by atoms with E-state index >= 15 is 0 Å². The molecule has 0 radical (unpaired) electrons. The molecule has 2 nitrogen and oxygen atoms in total. The Labute approximate surface area is 98.3 Å². The van der Waals surface area contributed by atoms with Crippen molar-refractivity contribution in [1.29, 1.82) is 0 Å². The van der Waals surface area contributed by atoms with Gasteiger partial charge >= 0.3 is 0 Å². The molecule has 0 spiro atoms. The van der Waals surface area contributed by atoms with Crippen molar-refractivity contribution in [3.05, 3.63) is 35.9 Å². The highest BCUT2D eigenvalue weighted by Crippen LogP contribution is 2.03. The molecule has 90 valence electrons. The lowest BCUT2D eigenvalue weighted by molar-refractivity contribution is 0.110. The fourth-order valence-electron chi connectivity index (χ4n) is 1.61. The summed E-state index contributed by atoms with van der Waals surface area (Å²) in [6, 6.07) is 10.5. The highest BCUT2D eigenvalue weighted by atomic mass is 16.5. The zero-order valence-electron chi connectivity index (χ0n) is 10.1. The van der Waals surface area contributed by atoms with Crippen molar-refractivity contribution in [3.63, 3.8) is 0 Å². The van der Waals surface area contributed by atoms with Gasteiger partial charge in [0, 0.05) is 13.2 Å². The molecule has 1 unspecified atom stereocenters. The quantitative estimate of drug-likeness (QED) is 0.685. The lowest BCUT2D eigenvalue weighted by Crippen LogP contribution is -2.04. The van der Waals surface area contributed by atoms with Crippen LogP contribution >= 0.6 is 0 Å². The lowest BCUT2D eigenvalue weighted by Gasteiger charge is -2.05. The Morgan fingerprint density at radius 3 is 2.50 bits per heavy atom. The molecule has 1 rings (SSSR count). The van der Waals surface area contributed by atoms with Gasteiger partial charge in [-0.2, -0.15) is 0 Å². The smallest absolute Gasteiger partial charge is 0.0513 e. The van der Waals surface area contributed by atoms with Crippen LogP contribution in [-0.4, -0.2) is 24.4 Å². The molecular weight excluding hydrogens is 200 g/mol. The lowest BCUT2D eigenvalue weighted by atomic mass is 10.1. The molecule has 0 heterocycles. The summed E-state index contributed by atoms with van der Waals surface area (Å²) < 4.78 is 5.49. The van der Waals surface area contributed by atoms with E-state index in [4.69, 9.17) is 9.84 Å². The number of hydrogen-bond donors (Lipinski definition) is 1. The van der Waals surface area contributed by atoms with Gasteiger partial charge in [0.1, 0.15) is 0 Å². The van der Waals surface area contributed by atoms with Crippen LogP contribution in [0.2, 0.25) is 0 Å². The summed E-state index contributed by atoms with van der Waals surface area (Å²) in [5, 5.41) is 9.05. The minimum Gasteiger partial charge on any atom is -0.393 e. The van der Waals surface area contributed by atoms with Crippen molar-refractivity contribution in [2.24, 2.45) is 0 Å². The second kappa shape index (κ2) is 8.31. The van der Waals surface area contributed by atoms with Crippen LogP contribution in [-0.2, 0) is 11.2 Å². The predicted molar refractivity (Wildman–Crippen MR) is 66.5 cm³/mol. The maximum atomic E-state index is 9.05. The molecule has 0 aliphatic rings. The summed E-state index contributed by atoms with van der Waals surface area (Å²) in [7, 11) is 0. The van der Waals surface area contributed by atoms with Gasteiger partial charge in [-0.15, -0.1) is 0 Å². The van der Waals surface area contributed by atoms with Crippen LogP contribution in [0.3, 0.4) is 0 Å². The fourth-order valence-corrected chi connectivity index (χ4v) is 1.61. The van der Waals surface area contributed by atoms with Gasteiger partial charge in [-0.25, -0.2) is 0 Å². The summed E-state index contributed by atoms with van der Waals surface area (Å²) in [4.78, 5) is 0. The van der Waals surface area contributed by atoms with E-state index in [1.54, 1.807) is 0 Å². The Kier molecular flexibility index (Phi) is 6.86. The molecule has 2 heteroatoms. The molecule has 0 aliphatic heterocycles. The molecule has 0 fully saturated rings. The Bertz CT molecular complexity index is 257. The normalized spacial score (nSPS) is 12.6. The van der Waals surface area contributed by atoms with E-state index < -0.39 is 0 Å². The average Bonchev–Trinajstić information content (AvgIpc) is 2.29. The number of ether oxygens (including phenoxy) is 1. The monoisotopic (exact) mass is 222 g/mol. The number of hydrogen-bond acceptors (Lipinski definition) is 2. The number of aliphatic hydroxyl groups is 1. The average molecular weight is 222 g/mol. The molecule has 1 N–H and O–H groups in total. The van der Waals surface area contributed by atoms with E-state index in [-0.39, 0.29) is 6.10 Å². The number of aliphatic hydroxyl groups excluding tert-OH is 1. The van der Waals surface area contributed by atoms with Crippen LogP contribution in [0.15, 0.2) is 30.3 Å². The van der Waals surface area contributed by atoms with Gasteiger partial charge in [0.15, 0.2) is 0 Å². The first-order valence-electron chi connectivity index (χ1n) is 6.09. The maximum absolute atomic E-state index is 9.05. The van der Waals surface area contributed by atoms with Crippen LogP contribution in [0.4, 0.5) is 0 Å². The largest absolute Gasteiger partial charge is 0.393 e. The third kappa shape index (κ3) is 6.59. The number of benzene rings is 1. The van der Waals surface area contributed by atoms with Gasteiger partial charge in [-0.3, -0.25) is 0 Å². The van der Waals surface area contributed by atoms with E-state index in [0.29, 0.717) is 0 Å². The van der Waals surface area contributed by atoms with E-state index in [0.717, 1.165) is 38.9 Å². The summed E-state index contributed by atoms with van der Waals surface area (Å²) in [6.07, 6.45) is 3.73. The van der Waals surface area contributed by atoms with Gasteiger partial charge in [0.05, 0.1) is 6.10 Å². The molecule has 0 saturated carbocycles. The maximum Gasteiger partial charge on any atom is 0.0513 e. The first-order chi connectivity index (χ1) is 7.79. The van der Waals surface area contributed by atoms with Gasteiger partial charge in [-0.05, 0) is 38.2 Å². The SMILES string of the molecule is CC(O)CCCOCCCc1ccccc1. The highest BCUT2D eigenvalue weighted by Gasteiger charge is 1.96. The minimum atomic E-state index is -0.201. The number of rotatable bonds is 8. The number of aryl methyl sites for hydroxylation is 1. The van der Waals surface area contributed by atoms with Crippen molar-refractivity contribution in [2.45, 2.75) is 38.7 Å². The third-order valence-electron chi connectivity index (χ3n) is 2.51. The first kappa shape index (κ1) is 13.2. The Morgan fingerprint density at radius 2 is 1.81 bits per heavy atom. The van der Waals surface area contributed by atoms with Crippen molar-refractivity contribution < 1.29 is 9.84 Å². The molecule has 1 aromatic carbocycles. The van der Waals surface area contributed by atoms with Crippen molar-refractivity contribution >= 4 is 0 Å². The molecular formula is C14H22O2. The fraction of sp³-hybridized carbons (Fsp3) is 0.571. The van der Waals surface area contributed by atoms with Crippen molar-refractivity contribution in [1.82, 2.24) is 0 Å². The zero-order valence-corrected chi connectivity index (χ0v) is 10.1. The van der Waals surface area contributed by atoms with E-state index in [9.17, 15) is 0 Å². The van der Waals surface area contributed by atoms with Crippen LogP contribution in [0.1, 0.15) is 31.7 Å². The first-order valence-corrected chi connectivity index (χ1v) is 6.09. The van der Waals surface area contributed by atoms with Gasteiger partial charge in [-0.1, -0.05) is 30.3 Å². The summed E-state index contributed by atoms with van der Waals surface area (Å²) in [6.45, 7) is 3.39. The third-order valence-corrected chi connectivity index (χ3v) is 2.51. The van der Waals surface area contributed by atoms with Crippen molar-refractivity contribution in [3.8, 4) is 0 Å². The standard InChI is InChI=1S/C14H22O2/c1-13(15)7-5-11-16-12-6-10-14-8-3-2-4-9-14/h2-4,8-9,13,15H,5-7,10-12H2,1H3. The molecule has 1 atom stereocenters. The van der Waals surface area contributed by atoms with Crippen LogP contribution in [0, 0.1) is 0 Å². The summed E-state index contributed by atoms with van der Waals surface area (Å²) in [5.74, 6) is 0. The second-order valence-electron chi connectivity index (χ2n) is 4.19. The Morgan fingerprint density at radius 1 is 1.12 bits per heavy atom. The van der Waals surface area contributed by atoms with Crippen LogP contribution in [0.5, 0.6) is 0 Å². The van der Waals surface area contributed by atoms with Crippen molar-refractivity contribution in [2.75, 3.05) is 13.2 Å². The van der Waals surface area contributed by atoms with E-state index in [2.05, 4.69) is 24.3 Å². The molecule has 1 aromatic rings. The second-order valence-corrected chi connectivity index (χ2v) is 4.19. The molecule has 0 bridgehead atoms. The summed E-state index contributed by atoms with van der Waals surface area (Å²) >= 11 is 0. The predicted octanol–water partition coefficient (Wildman–Crippen LogP) is 2.80. The van der Waals surface area contributed by atoms with Gasteiger partial charge < -0.3 is 9.84 Å². The molecule has 0 aliphatic carbocycles. The Hall–Kier alpha value is -0.860. The van der Waals surface area contributed by atoms with Crippen LogP contribution in [0.25, 0.3) is 0 Å². The Balaban J connectivity index is 1.93. The highest BCUT2D eigenvalue weighted by molar-refractivity contribution is 5.14. The molecule has 16 heavy (non-hydrogen) atoms. The van der Waals surface area contributed by atoms with Gasteiger partial charge in [0.25, 0.3) is 0 Å².